The second-order valence-electron chi connectivity index (χ2n) is 5.65. The summed E-state index contributed by atoms with van der Waals surface area (Å²) in [4.78, 5) is 26.4. The Labute approximate surface area is 127 Å². The molecule has 22 heavy (non-hydrogen) atoms. The Bertz CT molecular complexity index is 881. The van der Waals surface area contributed by atoms with Gasteiger partial charge in [0.25, 0.3) is 5.56 Å². The molecule has 1 aliphatic heterocycles. The molecule has 3 heterocycles. The summed E-state index contributed by atoms with van der Waals surface area (Å²) in [6.45, 7) is 4.68. The monoisotopic (exact) mass is 295 g/mol. The van der Waals surface area contributed by atoms with Crippen LogP contribution >= 0.6 is 0 Å². The van der Waals surface area contributed by atoms with E-state index in [1.54, 1.807) is 6.07 Å². The zero-order valence-electron chi connectivity index (χ0n) is 12.4. The Hall–Kier alpha value is -2.47. The van der Waals surface area contributed by atoms with Crippen LogP contribution in [0.2, 0.25) is 0 Å². The number of para-hydroxylation sites is 1. The van der Waals surface area contributed by atoms with Gasteiger partial charge in [-0.1, -0.05) is 12.1 Å². The van der Waals surface area contributed by atoms with Crippen LogP contribution in [0, 0.1) is 0 Å². The molecule has 1 N–H and O–H groups in total. The molecule has 0 amide bonds. The van der Waals surface area contributed by atoms with Crippen molar-refractivity contribution in [2.45, 2.75) is 26.1 Å². The summed E-state index contributed by atoms with van der Waals surface area (Å²) in [5.41, 5.74) is 0.664. The van der Waals surface area contributed by atoms with Crippen LogP contribution in [0.25, 0.3) is 10.9 Å². The molecule has 0 bridgehead atoms. The van der Waals surface area contributed by atoms with Crippen molar-refractivity contribution in [3.63, 3.8) is 0 Å². The standard InChI is InChI=1S/C16H17N5O/c1-11(21-9-8-20-7-6-17-14(20)10-21)15-18-13-5-3-2-4-12(13)16(22)19-15/h2-7,11H,8-10H2,1H3,(H,18,19,22)/t11-/m1/s1. The molecule has 1 aliphatic rings. The highest BCUT2D eigenvalue weighted by atomic mass is 16.1. The third-order valence-electron chi connectivity index (χ3n) is 4.35. The van der Waals surface area contributed by atoms with Crippen molar-refractivity contribution in [2.24, 2.45) is 0 Å². The molecule has 0 saturated heterocycles. The summed E-state index contributed by atoms with van der Waals surface area (Å²) in [7, 11) is 0. The van der Waals surface area contributed by atoms with Crippen LogP contribution in [0.4, 0.5) is 0 Å². The second-order valence-corrected chi connectivity index (χ2v) is 5.65. The highest BCUT2D eigenvalue weighted by Gasteiger charge is 2.24. The van der Waals surface area contributed by atoms with Crippen LogP contribution in [0.5, 0.6) is 0 Å². The quantitative estimate of drug-likeness (QED) is 0.781. The van der Waals surface area contributed by atoms with Crippen LogP contribution < -0.4 is 5.56 Å². The largest absolute Gasteiger partial charge is 0.333 e. The minimum atomic E-state index is -0.0778. The van der Waals surface area contributed by atoms with Crippen molar-refractivity contribution in [3.05, 3.63) is 58.7 Å². The van der Waals surface area contributed by atoms with Gasteiger partial charge in [0, 0.05) is 25.5 Å². The molecule has 3 aromatic rings. The zero-order chi connectivity index (χ0) is 15.1. The van der Waals surface area contributed by atoms with E-state index in [9.17, 15) is 4.79 Å². The van der Waals surface area contributed by atoms with Gasteiger partial charge in [0.05, 0.1) is 23.5 Å². The third kappa shape index (κ3) is 2.12. The van der Waals surface area contributed by atoms with Gasteiger partial charge in [0.15, 0.2) is 0 Å². The number of H-pyrrole nitrogens is 1. The molecule has 2 aromatic heterocycles. The van der Waals surface area contributed by atoms with E-state index in [1.807, 2.05) is 30.6 Å². The van der Waals surface area contributed by atoms with Crippen LogP contribution in [-0.2, 0) is 13.1 Å². The zero-order valence-corrected chi connectivity index (χ0v) is 12.4. The van der Waals surface area contributed by atoms with E-state index in [4.69, 9.17) is 0 Å². The third-order valence-corrected chi connectivity index (χ3v) is 4.35. The average molecular weight is 295 g/mol. The predicted molar refractivity (Wildman–Crippen MR) is 83.4 cm³/mol. The summed E-state index contributed by atoms with van der Waals surface area (Å²) in [6, 6.07) is 7.48. The first-order valence-corrected chi connectivity index (χ1v) is 7.45. The number of fused-ring (bicyclic) bond motifs is 2. The fourth-order valence-electron chi connectivity index (χ4n) is 3.00. The number of aromatic nitrogens is 4. The van der Waals surface area contributed by atoms with Gasteiger partial charge in [-0.05, 0) is 19.1 Å². The Balaban J connectivity index is 1.69. The van der Waals surface area contributed by atoms with Gasteiger partial charge in [-0.2, -0.15) is 0 Å². The lowest BCUT2D eigenvalue weighted by Crippen LogP contribution is -2.36. The predicted octanol–water partition coefficient (Wildman–Crippen LogP) is 1.70. The van der Waals surface area contributed by atoms with Crippen LogP contribution in [-0.4, -0.2) is 31.0 Å². The highest BCUT2D eigenvalue weighted by molar-refractivity contribution is 5.77. The maximum absolute atomic E-state index is 12.2. The number of rotatable bonds is 2. The Kier molecular flexibility index (Phi) is 3.04. The fourth-order valence-corrected chi connectivity index (χ4v) is 3.00. The summed E-state index contributed by atoms with van der Waals surface area (Å²) in [5, 5.41) is 0.632. The molecule has 1 atom stereocenters. The SMILES string of the molecule is C[C@H](c1nc2ccccc2c(=O)[nH]1)N1CCn2ccnc2C1. The lowest BCUT2D eigenvalue weighted by Gasteiger charge is -2.32. The van der Waals surface area contributed by atoms with E-state index in [0.29, 0.717) is 11.2 Å². The number of hydrogen-bond donors (Lipinski definition) is 1. The lowest BCUT2D eigenvalue weighted by atomic mass is 10.2. The topological polar surface area (TPSA) is 66.8 Å². The summed E-state index contributed by atoms with van der Waals surface area (Å²) < 4.78 is 2.17. The Morgan fingerprint density at radius 1 is 1.27 bits per heavy atom. The van der Waals surface area contributed by atoms with Crippen molar-refractivity contribution >= 4 is 10.9 Å². The van der Waals surface area contributed by atoms with Crippen molar-refractivity contribution in [1.82, 2.24) is 24.4 Å². The maximum Gasteiger partial charge on any atom is 0.258 e. The van der Waals surface area contributed by atoms with Crippen molar-refractivity contribution in [3.8, 4) is 0 Å². The molecular weight excluding hydrogens is 278 g/mol. The van der Waals surface area contributed by atoms with Crippen LogP contribution in [0.3, 0.4) is 0 Å². The first kappa shape index (κ1) is 13.2. The molecular formula is C16H17N5O. The fraction of sp³-hybridized carbons (Fsp3) is 0.312. The minimum Gasteiger partial charge on any atom is -0.333 e. The maximum atomic E-state index is 12.2. The molecule has 0 radical (unpaired) electrons. The number of nitrogens with one attached hydrogen (secondary N) is 1. The first-order valence-electron chi connectivity index (χ1n) is 7.45. The van der Waals surface area contributed by atoms with E-state index in [0.717, 1.165) is 31.0 Å². The van der Waals surface area contributed by atoms with Gasteiger partial charge >= 0.3 is 0 Å². The molecule has 0 spiro atoms. The molecule has 112 valence electrons. The van der Waals surface area contributed by atoms with E-state index < -0.39 is 0 Å². The van der Waals surface area contributed by atoms with Crippen LogP contribution in [0.1, 0.15) is 24.6 Å². The molecule has 4 rings (SSSR count). The molecule has 6 nitrogen and oxygen atoms in total. The Morgan fingerprint density at radius 3 is 3.05 bits per heavy atom. The van der Waals surface area contributed by atoms with Gasteiger partial charge in [-0.25, -0.2) is 9.97 Å². The number of benzene rings is 1. The number of imidazole rings is 1. The van der Waals surface area contributed by atoms with Gasteiger partial charge in [0.2, 0.25) is 0 Å². The molecule has 0 unspecified atom stereocenters. The molecule has 0 saturated carbocycles. The van der Waals surface area contributed by atoms with Crippen LogP contribution in [0.15, 0.2) is 41.5 Å². The average Bonchev–Trinajstić information content (AvgIpc) is 3.01. The van der Waals surface area contributed by atoms with Crippen molar-refractivity contribution < 1.29 is 0 Å². The molecule has 0 fully saturated rings. The molecule has 6 heteroatoms. The Morgan fingerprint density at radius 2 is 2.14 bits per heavy atom. The number of aromatic amines is 1. The van der Waals surface area contributed by atoms with Crippen molar-refractivity contribution in [1.29, 1.82) is 0 Å². The highest BCUT2D eigenvalue weighted by Crippen LogP contribution is 2.22. The summed E-state index contributed by atoms with van der Waals surface area (Å²) >= 11 is 0. The smallest absolute Gasteiger partial charge is 0.258 e. The normalized spacial score (nSPS) is 16.6. The van der Waals surface area contributed by atoms with Gasteiger partial charge in [-0.3, -0.25) is 9.69 Å². The van der Waals surface area contributed by atoms with E-state index in [2.05, 4.69) is 31.3 Å². The number of nitrogens with zero attached hydrogens (tertiary/aromatic N) is 4. The number of hydrogen-bond acceptors (Lipinski definition) is 4. The van der Waals surface area contributed by atoms with E-state index in [1.165, 1.54) is 0 Å². The van der Waals surface area contributed by atoms with Gasteiger partial charge < -0.3 is 9.55 Å². The summed E-state index contributed by atoms with van der Waals surface area (Å²) in [6.07, 6.45) is 3.84. The first-order chi connectivity index (χ1) is 10.7. The van der Waals surface area contributed by atoms with E-state index in [-0.39, 0.29) is 11.6 Å². The minimum absolute atomic E-state index is 0.0442. The summed E-state index contributed by atoms with van der Waals surface area (Å²) in [5.74, 6) is 1.77. The van der Waals surface area contributed by atoms with Gasteiger partial charge in [0.1, 0.15) is 11.6 Å². The molecule has 0 aliphatic carbocycles. The van der Waals surface area contributed by atoms with E-state index >= 15 is 0 Å². The molecule has 1 aromatic carbocycles. The van der Waals surface area contributed by atoms with Gasteiger partial charge in [-0.15, -0.1) is 0 Å². The second kappa shape index (κ2) is 5.06. The van der Waals surface area contributed by atoms with Crippen molar-refractivity contribution in [2.75, 3.05) is 6.54 Å². The lowest BCUT2D eigenvalue weighted by molar-refractivity contribution is 0.157.